The Morgan fingerprint density at radius 1 is 1.37 bits per heavy atom. The van der Waals surface area contributed by atoms with Gasteiger partial charge in [-0.3, -0.25) is 9.78 Å². The second-order valence-corrected chi connectivity index (χ2v) is 4.97. The van der Waals surface area contributed by atoms with Crippen LogP contribution >= 0.6 is 0 Å². The van der Waals surface area contributed by atoms with Crippen molar-refractivity contribution in [1.82, 2.24) is 20.2 Å². The zero-order chi connectivity index (χ0) is 13.2. The van der Waals surface area contributed by atoms with Crippen molar-refractivity contribution in [1.29, 1.82) is 0 Å². The van der Waals surface area contributed by atoms with Crippen molar-refractivity contribution in [2.24, 2.45) is 0 Å². The molecule has 1 aliphatic heterocycles. The van der Waals surface area contributed by atoms with Gasteiger partial charge in [0.15, 0.2) is 0 Å². The Morgan fingerprint density at radius 3 is 2.89 bits per heavy atom. The van der Waals surface area contributed by atoms with E-state index in [9.17, 15) is 4.79 Å². The minimum Gasteiger partial charge on any atom is -0.347 e. The number of carbonyl (C=O) groups excluding carboxylic acids is 1. The van der Waals surface area contributed by atoms with E-state index in [-0.39, 0.29) is 11.9 Å². The molecule has 0 radical (unpaired) electrons. The second-order valence-electron chi connectivity index (χ2n) is 4.97. The molecular weight excluding hydrogens is 240 g/mol. The third-order valence-corrected chi connectivity index (χ3v) is 3.41. The van der Waals surface area contributed by atoms with Crippen LogP contribution in [0.4, 0.5) is 0 Å². The molecule has 5 heteroatoms. The lowest BCUT2D eigenvalue weighted by Gasteiger charge is -2.12. The summed E-state index contributed by atoms with van der Waals surface area (Å²) in [5.41, 5.74) is 1.94. The monoisotopic (exact) mass is 256 g/mol. The van der Waals surface area contributed by atoms with Crippen LogP contribution in [-0.4, -0.2) is 47.0 Å². The van der Waals surface area contributed by atoms with Crippen LogP contribution in [0, 0.1) is 0 Å². The molecule has 98 valence electrons. The molecule has 1 amide bonds. The molecule has 1 aromatic carbocycles. The van der Waals surface area contributed by atoms with E-state index in [4.69, 9.17) is 0 Å². The molecule has 5 nitrogen and oxygen atoms in total. The van der Waals surface area contributed by atoms with Crippen molar-refractivity contribution in [2.45, 2.75) is 12.5 Å². The Hall–Kier alpha value is -2.01. The molecule has 2 heterocycles. The van der Waals surface area contributed by atoms with E-state index in [0.717, 1.165) is 30.5 Å². The number of nitrogens with zero attached hydrogens (tertiary/aromatic N) is 3. The fourth-order valence-electron chi connectivity index (χ4n) is 2.38. The number of likely N-dealkylation sites (tertiary alicyclic amines) is 1. The first-order valence-corrected chi connectivity index (χ1v) is 6.43. The molecule has 1 N–H and O–H groups in total. The number of nitrogens with one attached hydrogen (secondary N) is 1. The molecule has 0 bridgehead atoms. The highest BCUT2D eigenvalue weighted by Gasteiger charge is 2.22. The summed E-state index contributed by atoms with van der Waals surface area (Å²) in [6.07, 6.45) is 2.53. The number of likely N-dealkylation sites (N-methyl/N-ethyl adjacent to an activating group) is 1. The first-order chi connectivity index (χ1) is 9.22. The van der Waals surface area contributed by atoms with Crippen molar-refractivity contribution in [3.8, 4) is 0 Å². The van der Waals surface area contributed by atoms with E-state index in [0.29, 0.717) is 5.69 Å². The average molecular weight is 256 g/mol. The summed E-state index contributed by atoms with van der Waals surface area (Å²) in [6.45, 7) is 1.92. The van der Waals surface area contributed by atoms with Gasteiger partial charge in [-0.2, -0.15) is 0 Å². The first kappa shape index (κ1) is 12.0. The molecule has 0 aliphatic carbocycles. The quantitative estimate of drug-likeness (QED) is 0.873. The fourth-order valence-corrected chi connectivity index (χ4v) is 2.38. The molecule has 19 heavy (non-hydrogen) atoms. The topological polar surface area (TPSA) is 58.1 Å². The van der Waals surface area contributed by atoms with E-state index in [1.807, 2.05) is 24.3 Å². The highest BCUT2D eigenvalue weighted by molar-refractivity contribution is 5.93. The molecular formula is C14H16N4O. The smallest absolute Gasteiger partial charge is 0.271 e. The van der Waals surface area contributed by atoms with Gasteiger partial charge in [-0.25, -0.2) is 4.98 Å². The normalized spacial score (nSPS) is 19.7. The lowest BCUT2D eigenvalue weighted by atomic mass is 10.2. The Morgan fingerprint density at radius 2 is 2.16 bits per heavy atom. The van der Waals surface area contributed by atoms with Crippen molar-refractivity contribution in [3.05, 3.63) is 36.2 Å². The van der Waals surface area contributed by atoms with Gasteiger partial charge in [0, 0.05) is 12.6 Å². The van der Waals surface area contributed by atoms with Crippen LogP contribution in [0.15, 0.2) is 30.5 Å². The van der Waals surface area contributed by atoms with Crippen LogP contribution in [0.1, 0.15) is 16.9 Å². The van der Waals surface area contributed by atoms with Gasteiger partial charge in [-0.05, 0) is 32.1 Å². The number of rotatable bonds is 2. The predicted octanol–water partition coefficient (Wildman–Crippen LogP) is 1.06. The standard InChI is InChI=1S/C14H16N4O/c1-18-7-6-10(9-18)16-14(19)13-8-15-11-4-2-3-5-12(11)17-13/h2-5,8,10H,6-7,9H2,1H3,(H,16,19)/t10-/m1/s1. The molecule has 1 fully saturated rings. The molecule has 1 aromatic heterocycles. The summed E-state index contributed by atoms with van der Waals surface area (Å²) in [4.78, 5) is 22.9. The minimum absolute atomic E-state index is 0.140. The number of fused-ring (bicyclic) bond motifs is 1. The second kappa shape index (κ2) is 4.93. The number of benzene rings is 1. The predicted molar refractivity (Wildman–Crippen MR) is 72.9 cm³/mol. The number of carbonyl (C=O) groups is 1. The van der Waals surface area contributed by atoms with Gasteiger partial charge in [0.1, 0.15) is 5.69 Å². The summed E-state index contributed by atoms with van der Waals surface area (Å²) in [7, 11) is 2.06. The molecule has 1 saturated heterocycles. The van der Waals surface area contributed by atoms with E-state index < -0.39 is 0 Å². The Bertz CT molecular complexity index is 613. The van der Waals surface area contributed by atoms with Gasteiger partial charge in [0.2, 0.25) is 0 Å². The van der Waals surface area contributed by atoms with Crippen LogP contribution in [0.5, 0.6) is 0 Å². The number of hydrogen-bond acceptors (Lipinski definition) is 4. The maximum absolute atomic E-state index is 12.1. The lowest BCUT2D eigenvalue weighted by Crippen LogP contribution is -2.36. The van der Waals surface area contributed by atoms with Gasteiger partial charge in [-0.15, -0.1) is 0 Å². The van der Waals surface area contributed by atoms with E-state index >= 15 is 0 Å². The van der Waals surface area contributed by atoms with Gasteiger partial charge in [0.05, 0.1) is 17.2 Å². The largest absolute Gasteiger partial charge is 0.347 e. The summed E-state index contributed by atoms with van der Waals surface area (Å²) in [5.74, 6) is -0.140. The van der Waals surface area contributed by atoms with Crippen molar-refractivity contribution >= 4 is 16.9 Å². The zero-order valence-corrected chi connectivity index (χ0v) is 10.8. The van der Waals surface area contributed by atoms with Gasteiger partial charge >= 0.3 is 0 Å². The summed E-state index contributed by atoms with van der Waals surface area (Å²) in [5, 5.41) is 3.01. The van der Waals surface area contributed by atoms with Crippen LogP contribution in [0.3, 0.4) is 0 Å². The highest BCUT2D eigenvalue weighted by Crippen LogP contribution is 2.10. The van der Waals surface area contributed by atoms with Gasteiger partial charge in [0.25, 0.3) is 5.91 Å². The van der Waals surface area contributed by atoms with Crippen molar-refractivity contribution < 1.29 is 4.79 Å². The maximum Gasteiger partial charge on any atom is 0.271 e. The molecule has 2 aromatic rings. The number of hydrogen-bond donors (Lipinski definition) is 1. The molecule has 1 atom stereocenters. The average Bonchev–Trinajstić information content (AvgIpc) is 2.83. The Balaban J connectivity index is 1.77. The Kier molecular flexibility index (Phi) is 3.13. The van der Waals surface area contributed by atoms with E-state index in [1.165, 1.54) is 6.20 Å². The SMILES string of the molecule is CN1CC[C@@H](NC(=O)c2cnc3ccccc3n2)C1. The summed E-state index contributed by atoms with van der Waals surface area (Å²) >= 11 is 0. The van der Waals surface area contributed by atoms with Crippen LogP contribution < -0.4 is 5.32 Å². The van der Waals surface area contributed by atoms with Crippen LogP contribution in [0.2, 0.25) is 0 Å². The fraction of sp³-hybridized carbons (Fsp3) is 0.357. The van der Waals surface area contributed by atoms with Crippen molar-refractivity contribution in [3.63, 3.8) is 0 Å². The molecule has 0 saturated carbocycles. The lowest BCUT2D eigenvalue weighted by molar-refractivity contribution is 0.0933. The summed E-state index contributed by atoms with van der Waals surface area (Å²) < 4.78 is 0. The van der Waals surface area contributed by atoms with E-state index in [1.54, 1.807) is 0 Å². The van der Waals surface area contributed by atoms with E-state index in [2.05, 4.69) is 27.2 Å². The number of para-hydroxylation sites is 2. The highest BCUT2D eigenvalue weighted by atomic mass is 16.2. The molecule has 0 unspecified atom stereocenters. The minimum atomic E-state index is -0.140. The third-order valence-electron chi connectivity index (χ3n) is 3.41. The molecule has 3 rings (SSSR count). The number of aromatic nitrogens is 2. The van der Waals surface area contributed by atoms with Gasteiger partial charge in [-0.1, -0.05) is 12.1 Å². The summed E-state index contributed by atoms with van der Waals surface area (Å²) in [6, 6.07) is 7.76. The Labute approximate surface area is 111 Å². The first-order valence-electron chi connectivity index (χ1n) is 6.43. The molecule has 1 aliphatic rings. The van der Waals surface area contributed by atoms with Crippen LogP contribution in [-0.2, 0) is 0 Å². The zero-order valence-electron chi connectivity index (χ0n) is 10.8. The third kappa shape index (κ3) is 2.56. The maximum atomic E-state index is 12.1. The van der Waals surface area contributed by atoms with Gasteiger partial charge < -0.3 is 10.2 Å². The molecule has 0 spiro atoms. The number of amides is 1. The van der Waals surface area contributed by atoms with Crippen molar-refractivity contribution in [2.75, 3.05) is 20.1 Å². The van der Waals surface area contributed by atoms with Crippen LogP contribution in [0.25, 0.3) is 11.0 Å².